The standard InChI is InChI=1S/C16H23BrN2O/c1-11(12-7-4-5-8-13(12)17)19-15(20)14-16(2,3)9-6-10-18-14/h4-5,7-8,11,14,18H,6,9-10H2,1-3H3,(H,19,20). The van der Waals surface area contributed by atoms with Crippen LogP contribution in [0.3, 0.4) is 0 Å². The van der Waals surface area contributed by atoms with E-state index in [2.05, 4.69) is 40.4 Å². The van der Waals surface area contributed by atoms with Crippen LogP contribution in [0, 0.1) is 5.41 Å². The second-order valence-corrected chi connectivity index (χ2v) is 7.09. The molecule has 1 fully saturated rings. The molecule has 2 N–H and O–H groups in total. The van der Waals surface area contributed by atoms with Crippen molar-refractivity contribution in [1.82, 2.24) is 10.6 Å². The summed E-state index contributed by atoms with van der Waals surface area (Å²) in [6, 6.07) is 7.90. The number of amides is 1. The number of piperidine rings is 1. The largest absolute Gasteiger partial charge is 0.348 e. The van der Waals surface area contributed by atoms with Gasteiger partial charge in [0.05, 0.1) is 12.1 Å². The Morgan fingerprint density at radius 3 is 2.80 bits per heavy atom. The van der Waals surface area contributed by atoms with Gasteiger partial charge in [0.2, 0.25) is 5.91 Å². The molecule has 1 heterocycles. The van der Waals surface area contributed by atoms with Crippen LogP contribution in [0.15, 0.2) is 28.7 Å². The van der Waals surface area contributed by atoms with Gasteiger partial charge >= 0.3 is 0 Å². The van der Waals surface area contributed by atoms with Crippen LogP contribution in [0.25, 0.3) is 0 Å². The summed E-state index contributed by atoms with van der Waals surface area (Å²) in [6.07, 6.45) is 2.22. The molecule has 1 aromatic rings. The van der Waals surface area contributed by atoms with Crippen molar-refractivity contribution in [3.05, 3.63) is 34.3 Å². The van der Waals surface area contributed by atoms with E-state index in [0.717, 1.165) is 29.4 Å². The third-order valence-corrected chi connectivity index (χ3v) is 4.84. The van der Waals surface area contributed by atoms with Gasteiger partial charge in [-0.3, -0.25) is 4.79 Å². The Labute approximate surface area is 129 Å². The summed E-state index contributed by atoms with van der Waals surface area (Å²) in [5.41, 5.74) is 1.12. The van der Waals surface area contributed by atoms with E-state index in [1.807, 2.05) is 31.2 Å². The van der Waals surface area contributed by atoms with Gasteiger partial charge in [-0.25, -0.2) is 0 Å². The van der Waals surface area contributed by atoms with Gasteiger partial charge in [0.15, 0.2) is 0 Å². The van der Waals surface area contributed by atoms with E-state index in [9.17, 15) is 4.79 Å². The molecule has 0 aliphatic carbocycles. The van der Waals surface area contributed by atoms with Gasteiger partial charge in [-0.05, 0) is 43.4 Å². The van der Waals surface area contributed by atoms with E-state index in [1.54, 1.807) is 0 Å². The third kappa shape index (κ3) is 3.41. The van der Waals surface area contributed by atoms with Crippen molar-refractivity contribution in [1.29, 1.82) is 0 Å². The van der Waals surface area contributed by atoms with Crippen molar-refractivity contribution in [3.63, 3.8) is 0 Å². The average Bonchev–Trinajstić information content (AvgIpc) is 2.38. The lowest BCUT2D eigenvalue weighted by molar-refractivity contribution is -0.127. The summed E-state index contributed by atoms with van der Waals surface area (Å²) in [7, 11) is 0. The van der Waals surface area contributed by atoms with Crippen LogP contribution in [0.2, 0.25) is 0 Å². The van der Waals surface area contributed by atoms with E-state index in [4.69, 9.17) is 0 Å². The molecule has 110 valence electrons. The highest BCUT2D eigenvalue weighted by molar-refractivity contribution is 9.10. The van der Waals surface area contributed by atoms with Crippen LogP contribution in [-0.4, -0.2) is 18.5 Å². The molecule has 2 atom stereocenters. The van der Waals surface area contributed by atoms with Gasteiger partial charge in [0.1, 0.15) is 0 Å². The first-order valence-electron chi connectivity index (χ1n) is 7.20. The van der Waals surface area contributed by atoms with E-state index in [0.29, 0.717) is 0 Å². The minimum Gasteiger partial charge on any atom is -0.348 e. The van der Waals surface area contributed by atoms with Crippen LogP contribution in [0.4, 0.5) is 0 Å². The van der Waals surface area contributed by atoms with Crippen LogP contribution in [-0.2, 0) is 4.79 Å². The van der Waals surface area contributed by atoms with E-state index in [-0.39, 0.29) is 23.4 Å². The summed E-state index contributed by atoms with van der Waals surface area (Å²) >= 11 is 3.54. The fourth-order valence-electron chi connectivity index (χ4n) is 2.86. The highest BCUT2D eigenvalue weighted by Crippen LogP contribution is 2.31. The highest BCUT2D eigenvalue weighted by atomic mass is 79.9. The number of halogens is 1. The molecule has 1 aromatic carbocycles. The first-order chi connectivity index (χ1) is 9.42. The molecule has 3 nitrogen and oxygen atoms in total. The Kier molecular flexibility index (Phi) is 4.86. The van der Waals surface area contributed by atoms with Gasteiger partial charge < -0.3 is 10.6 Å². The molecule has 0 aromatic heterocycles. The topological polar surface area (TPSA) is 41.1 Å². The van der Waals surface area contributed by atoms with E-state index in [1.165, 1.54) is 0 Å². The molecular formula is C16H23BrN2O. The quantitative estimate of drug-likeness (QED) is 0.886. The lowest BCUT2D eigenvalue weighted by Crippen LogP contribution is -2.55. The average molecular weight is 339 g/mol. The predicted molar refractivity (Wildman–Crippen MR) is 85.5 cm³/mol. The fourth-order valence-corrected chi connectivity index (χ4v) is 3.49. The minimum absolute atomic E-state index is 0.00222. The van der Waals surface area contributed by atoms with Crippen LogP contribution in [0.1, 0.15) is 45.2 Å². The normalized spacial score (nSPS) is 23.1. The van der Waals surface area contributed by atoms with Gasteiger partial charge in [-0.1, -0.05) is 48.0 Å². The highest BCUT2D eigenvalue weighted by Gasteiger charge is 2.37. The molecule has 4 heteroatoms. The van der Waals surface area contributed by atoms with Crippen molar-refractivity contribution in [3.8, 4) is 0 Å². The molecule has 1 aliphatic rings. The van der Waals surface area contributed by atoms with Crippen LogP contribution >= 0.6 is 15.9 Å². The summed E-state index contributed by atoms with van der Waals surface area (Å²) in [5.74, 6) is 0.0953. The molecule has 1 saturated heterocycles. The van der Waals surface area contributed by atoms with Crippen LogP contribution in [0.5, 0.6) is 0 Å². The van der Waals surface area contributed by atoms with Gasteiger partial charge in [-0.2, -0.15) is 0 Å². The predicted octanol–water partition coefficient (Wildman–Crippen LogP) is 3.40. The van der Waals surface area contributed by atoms with Crippen molar-refractivity contribution in [2.75, 3.05) is 6.54 Å². The number of carbonyl (C=O) groups excluding carboxylic acids is 1. The Morgan fingerprint density at radius 2 is 2.15 bits per heavy atom. The van der Waals surface area contributed by atoms with E-state index < -0.39 is 0 Å². The SMILES string of the molecule is CC(NC(=O)C1NCCCC1(C)C)c1ccccc1Br. The minimum atomic E-state index is -0.110. The maximum Gasteiger partial charge on any atom is 0.238 e. The molecule has 0 bridgehead atoms. The smallest absolute Gasteiger partial charge is 0.238 e. The molecule has 2 unspecified atom stereocenters. The summed E-state index contributed by atoms with van der Waals surface area (Å²) in [5, 5.41) is 6.49. The van der Waals surface area contributed by atoms with E-state index >= 15 is 0 Å². The monoisotopic (exact) mass is 338 g/mol. The third-order valence-electron chi connectivity index (χ3n) is 4.12. The number of benzene rings is 1. The Bertz CT molecular complexity index is 487. The lowest BCUT2D eigenvalue weighted by atomic mass is 9.77. The number of rotatable bonds is 3. The summed E-state index contributed by atoms with van der Waals surface area (Å²) < 4.78 is 1.03. The van der Waals surface area contributed by atoms with Gasteiger partial charge in [0, 0.05) is 4.47 Å². The molecule has 1 aliphatic heterocycles. The zero-order valence-electron chi connectivity index (χ0n) is 12.4. The zero-order chi connectivity index (χ0) is 14.8. The maximum absolute atomic E-state index is 12.5. The maximum atomic E-state index is 12.5. The van der Waals surface area contributed by atoms with Gasteiger partial charge in [0.25, 0.3) is 0 Å². The molecule has 0 radical (unpaired) electrons. The lowest BCUT2D eigenvalue weighted by Gasteiger charge is -2.38. The summed E-state index contributed by atoms with van der Waals surface area (Å²) in [6.45, 7) is 7.26. The van der Waals surface area contributed by atoms with Crippen molar-refractivity contribution >= 4 is 21.8 Å². The van der Waals surface area contributed by atoms with Crippen LogP contribution < -0.4 is 10.6 Å². The molecule has 0 saturated carbocycles. The molecular weight excluding hydrogens is 316 g/mol. The number of carbonyl (C=O) groups is 1. The van der Waals surface area contributed by atoms with Gasteiger partial charge in [-0.15, -0.1) is 0 Å². The van der Waals surface area contributed by atoms with Crippen molar-refractivity contribution < 1.29 is 4.79 Å². The molecule has 1 amide bonds. The fraction of sp³-hybridized carbons (Fsp3) is 0.562. The van der Waals surface area contributed by atoms with Crippen molar-refractivity contribution in [2.24, 2.45) is 5.41 Å². The summed E-state index contributed by atoms with van der Waals surface area (Å²) in [4.78, 5) is 12.5. The Hall–Kier alpha value is -0.870. The Balaban J connectivity index is 2.06. The number of hydrogen-bond acceptors (Lipinski definition) is 2. The first-order valence-corrected chi connectivity index (χ1v) is 7.99. The molecule has 20 heavy (non-hydrogen) atoms. The zero-order valence-corrected chi connectivity index (χ0v) is 14.0. The number of nitrogens with one attached hydrogen (secondary N) is 2. The Morgan fingerprint density at radius 1 is 1.45 bits per heavy atom. The first kappa shape index (κ1) is 15.5. The number of hydrogen-bond donors (Lipinski definition) is 2. The van der Waals surface area contributed by atoms with Crippen molar-refractivity contribution in [2.45, 2.75) is 45.7 Å². The second-order valence-electron chi connectivity index (χ2n) is 6.23. The molecule has 0 spiro atoms. The second kappa shape index (κ2) is 6.27. The molecule has 2 rings (SSSR count).